The summed E-state index contributed by atoms with van der Waals surface area (Å²) in [5.74, 6) is 0.913. The molecule has 0 aromatic heterocycles. The number of thioether (sulfide) groups is 1. The maximum Gasteiger partial charge on any atom is 0.0152 e. The molecular weight excluding hydrogens is 92.1 g/mol. The molecule has 0 saturated carbocycles. The van der Waals surface area contributed by atoms with Crippen molar-refractivity contribution in [2.75, 3.05) is 5.75 Å². The van der Waals surface area contributed by atoms with E-state index < -0.39 is 0 Å². The maximum atomic E-state index is 5.00. The van der Waals surface area contributed by atoms with Gasteiger partial charge in [-0.05, 0) is 5.41 Å². The number of hydrogen-bond donors (Lipinski definition) is 0. The summed E-state index contributed by atoms with van der Waals surface area (Å²) >= 11 is 1.54. The summed E-state index contributed by atoms with van der Waals surface area (Å²) in [5, 5.41) is 1.56. The van der Waals surface area contributed by atoms with Gasteiger partial charge in [0, 0.05) is 5.75 Å². The molecule has 0 aliphatic carbocycles. The third-order valence-electron chi connectivity index (χ3n) is 0.310. The van der Waals surface area contributed by atoms with E-state index in [2.05, 4.69) is 6.58 Å². The van der Waals surface area contributed by atoms with Gasteiger partial charge in [-0.3, -0.25) is 0 Å². The van der Waals surface area contributed by atoms with E-state index in [-0.39, 0.29) is 0 Å². The van der Waals surface area contributed by atoms with Gasteiger partial charge >= 0.3 is 0 Å². The van der Waals surface area contributed by atoms with Crippen molar-refractivity contribution in [3.05, 3.63) is 24.6 Å². The maximum absolute atomic E-state index is 5.00. The van der Waals surface area contributed by atoms with Crippen LogP contribution in [-0.4, -0.2) is 5.75 Å². The highest BCUT2D eigenvalue weighted by Crippen LogP contribution is 1.96. The highest BCUT2D eigenvalue weighted by molar-refractivity contribution is 8.02. The molecule has 0 aliphatic rings. The van der Waals surface area contributed by atoms with Gasteiger partial charge in [-0.2, -0.15) is 0 Å². The Morgan fingerprint density at radius 1 is 1.83 bits per heavy atom. The van der Waals surface area contributed by atoms with Crippen LogP contribution in [0.25, 0.3) is 0 Å². The standard InChI is InChI=1S/C5H7S/c1-3-5-6-4-2/h2-4H,1,5H2. The van der Waals surface area contributed by atoms with Crippen molar-refractivity contribution in [2.24, 2.45) is 0 Å². The predicted molar refractivity (Wildman–Crippen MR) is 31.5 cm³/mol. The summed E-state index contributed by atoms with van der Waals surface area (Å²) in [5.41, 5.74) is 0. The molecule has 0 aliphatic heterocycles. The van der Waals surface area contributed by atoms with Crippen molar-refractivity contribution < 1.29 is 0 Å². The van der Waals surface area contributed by atoms with E-state index in [1.54, 1.807) is 17.2 Å². The number of hydrogen-bond acceptors (Lipinski definition) is 1. The molecule has 0 atom stereocenters. The predicted octanol–water partition coefficient (Wildman–Crippen LogP) is 1.85. The van der Waals surface area contributed by atoms with Gasteiger partial charge in [0.05, 0.1) is 0 Å². The molecule has 0 amide bonds. The minimum atomic E-state index is 0.913. The lowest BCUT2D eigenvalue weighted by atomic mass is 10.8. The van der Waals surface area contributed by atoms with Gasteiger partial charge in [0.1, 0.15) is 0 Å². The minimum Gasteiger partial charge on any atom is -0.130 e. The molecule has 6 heavy (non-hydrogen) atoms. The first-order chi connectivity index (χ1) is 2.91. The largest absolute Gasteiger partial charge is 0.130 e. The minimum absolute atomic E-state index is 0.913. The second-order valence-electron chi connectivity index (χ2n) is 0.758. The van der Waals surface area contributed by atoms with Crippen molar-refractivity contribution in [2.45, 2.75) is 0 Å². The summed E-state index contributed by atoms with van der Waals surface area (Å²) in [6, 6.07) is 0. The van der Waals surface area contributed by atoms with Gasteiger partial charge in [0.15, 0.2) is 0 Å². The van der Waals surface area contributed by atoms with E-state index in [1.807, 2.05) is 6.08 Å². The highest BCUT2D eigenvalue weighted by atomic mass is 32.2. The lowest BCUT2D eigenvalue weighted by Gasteiger charge is -1.77. The van der Waals surface area contributed by atoms with Crippen LogP contribution in [0, 0.1) is 6.58 Å². The third-order valence-corrected chi connectivity index (χ3v) is 0.931. The second kappa shape index (κ2) is 4.83. The zero-order chi connectivity index (χ0) is 4.83. The molecular formula is C5H7S. The monoisotopic (exact) mass is 99.0 g/mol. The van der Waals surface area contributed by atoms with Gasteiger partial charge in [-0.15, -0.1) is 18.3 Å². The van der Waals surface area contributed by atoms with Crippen molar-refractivity contribution in [1.82, 2.24) is 0 Å². The van der Waals surface area contributed by atoms with Crippen LogP contribution in [0.1, 0.15) is 0 Å². The van der Waals surface area contributed by atoms with E-state index in [0.717, 1.165) is 5.75 Å². The van der Waals surface area contributed by atoms with Crippen LogP contribution in [-0.2, 0) is 0 Å². The van der Waals surface area contributed by atoms with E-state index >= 15 is 0 Å². The van der Waals surface area contributed by atoms with Crippen molar-refractivity contribution in [3.63, 3.8) is 0 Å². The molecule has 0 N–H and O–H groups in total. The molecule has 0 aromatic rings. The molecule has 0 fully saturated rings. The number of rotatable bonds is 3. The Hall–Kier alpha value is -0.170. The van der Waals surface area contributed by atoms with Gasteiger partial charge < -0.3 is 0 Å². The fraction of sp³-hybridized carbons (Fsp3) is 0.200. The Morgan fingerprint density at radius 3 is 2.67 bits per heavy atom. The first-order valence-corrected chi connectivity index (χ1v) is 2.72. The van der Waals surface area contributed by atoms with Crippen LogP contribution >= 0.6 is 11.8 Å². The summed E-state index contributed by atoms with van der Waals surface area (Å²) in [6.45, 7) is 8.51. The highest BCUT2D eigenvalue weighted by Gasteiger charge is 1.65. The Morgan fingerprint density at radius 2 is 2.50 bits per heavy atom. The van der Waals surface area contributed by atoms with Crippen molar-refractivity contribution in [1.29, 1.82) is 0 Å². The van der Waals surface area contributed by atoms with E-state index in [0.29, 0.717) is 0 Å². The molecule has 0 saturated heterocycles. The normalized spacial score (nSPS) is 7.33. The quantitative estimate of drug-likeness (QED) is 0.384. The van der Waals surface area contributed by atoms with Crippen molar-refractivity contribution in [3.8, 4) is 0 Å². The molecule has 33 valence electrons. The zero-order valence-corrected chi connectivity index (χ0v) is 4.37. The second-order valence-corrected chi connectivity index (χ2v) is 1.70. The molecule has 1 radical (unpaired) electrons. The average Bonchev–Trinajstić information content (AvgIpc) is 1.61. The smallest absolute Gasteiger partial charge is 0.0152 e. The summed E-state index contributed by atoms with van der Waals surface area (Å²) in [6.07, 6.45) is 1.81. The summed E-state index contributed by atoms with van der Waals surface area (Å²) < 4.78 is 0. The third kappa shape index (κ3) is 3.83. The van der Waals surface area contributed by atoms with Gasteiger partial charge in [-0.1, -0.05) is 12.7 Å². The SMILES string of the molecule is [CH]=CSCC=C. The van der Waals surface area contributed by atoms with Crippen LogP contribution in [0.2, 0.25) is 0 Å². The Kier molecular flexibility index (Phi) is 4.69. The Bertz CT molecular complexity index is 39.9. The molecule has 0 aromatic carbocycles. The molecule has 0 spiro atoms. The van der Waals surface area contributed by atoms with Crippen LogP contribution in [0.4, 0.5) is 0 Å². The van der Waals surface area contributed by atoms with Crippen LogP contribution < -0.4 is 0 Å². The molecule has 0 rings (SSSR count). The first-order valence-electron chi connectivity index (χ1n) is 1.67. The van der Waals surface area contributed by atoms with E-state index in [1.165, 1.54) is 0 Å². The Balaban J connectivity index is 2.66. The molecule has 0 unspecified atom stereocenters. The van der Waals surface area contributed by atoms with Crippen molar-refractivity contribution >= 4 is 11.8 Å². The zero-order valence-electron chi connectivity index (χ0n) is 3.55. The lowest BCUT2D eigenvalue weighted by Crippen LogP contribution is -1.56. The lowest BCUT2D eigenvalue weighted by molar-refractivity contribution is 1.83. The molecule has 0 nitrogen and oxygen atoms in total. The van der Waals surface area contributed by atoms with Crippen LogP contribution in [0.5, 0.6) is 0 Å². The van der Waals surface area contributed by atoms with Crippen LogP contribution in [0.15, 0.2) is 18.1 Å². The molecule has 0 heterocycles. The summed E-state index contributed by atoms with van der Waals surface area (Å²) in [7, 11) is 0. The van der Waals surface area contributed by atoms with E-state index in [4.69, 9.17) is 6.58 Å². The Labute approximate surface area is 42.9 Å². The fourth-order valence-corrected chi connectivity index (χ4v) is 0.371. The van der Waals surface area contributed by atoms with Crippen LogP contribution in [0.3, 0.4) is 0 Å². The van der Waals surface area contributed by atoms with Gasteiger partial charge in [0.2, 0.25) is 0 Å². The van der Waals surface area contributed by atoms with Gasteiger partial charge in [-0.25, -0.2) is 0 Å². The molecule has 0 bridgehead atoms. The fourth-order valence-electron chi connectivity index (χ4n) is 0.124. The van der Waals surface area contributed by atoms with Gasteiger partial charge in [0.25, 0.3) is 0 Å². The molecule has 1 heteroatoms. The summed E-state index contributed by atoms with van der Waals surface area (Å²) in [4.78, 5) is 0. The first kappa shape index (κ1) is 5.83. The topological polar surface area (TPSA) is 0 Å². The average molecular weight is 99.2 g/mol. The van der Waals surface area contributed by atoms with E-state index in [9.17, 15) is 0 Å².